The Hall–Kier alpha value is -0.900. The molecule has 0 aromatic heterocycles. The van der Waals surface area contributed by atoms with E-state index >= 15 is 0 Å². The van der Waals surface area contributed by atoms with Gasteiger partial charge in [-0.15, -0.1) is 0 Å². The fraction of sp³-hybridized carbons (Fsp3) is 0.857. The molecule has 18 heavy (non-hydrogen) atoms. The molecule has 3 fully saturated rings. The monoisotopic (exact) mass is 250 g/mol. The second-order valence-corrected chi connectivity index (χ2v) is 6.19. The van der Waals surface area contributed by atoms with Crippen molar-refractivity contribution in [2.24, 2.45) is 17.8 Å². The van der Waals surface area contributed by atoms with Crippen molar-refractivity contribution in [1.29, 1.82) is 0 Å². The van der Waals surface area contributed by atoms with Crippen molar-refractivity contribution in [2.45, 2.75) is 32.2 Å². The summed E-state index contributed by atoms with van der Waals surface area (Å²) in [5.41, 5.74) is 0. The molecule has 0 aromatic rings. The van der Waals surface area contributed by atoms with E-state index in [-0.39, 0.29) is 23.7 Å². The summed E-state index contributed by atoms with van der Waals surface area (Å²) in [6.07, 6.45) is 3.00. The number of piperidine rings is 2. The molecule has 3 atom stereocenters. The minimum Gasteiger partial charge on any atom is -0.338 e. The highest BCUT2D eigenvalue weighted by molar-refractivity contribution is 5.86. The lowest BCUT2D eigenvalue weighted by Gasteiger charge is -2.31. The highest BCUT2D eigenvalue weighted by atomic mass is 16.2. The van der Waals surface area contributed by atoms with Crippen LogP contribution in [0.1, 0.15) is 26.2 Å². The maximum Gasteiger partial charge on any atom is 0.226 e. The molecular formula is C14H22N2O2. The van der Waals surface area contributed by atoms with Gasteiger partial charge in [-0.25, -0.2) is 0 Å². The first-order valence-electron chi connectivity index (χ1n) is 7.09. The van der Waals surface area contributed by atoms with Gasteiger partial charge in [0, 0.05) is 24.4 Å². The van der Waals surface area contributed by atoms with Gasteiger partial charge in [0.05, 0.1) is 0 Å². The molecule has 0 bridgehead atoms. The van der Waals surface area contributed by atoms with Crippen LogP contribution >= 0.6 is 0 Å². The molecule has 0 radical (unpaired) electrons. The zero-order valence-corrected chi connectivity index (χ0v) is 11.3. The van der Waals surface area contributed by atoms with Crippen LogP contribution in [0.3, 0.4) is 0 Å². The van der Waals surface area contributed by atoms with Crippen LogP contribution in [0.15, 0.2) is 0 Å². The highest BCUT2D eigenvalue weighted by Gasteiger charge is 2.61. The Labute approximate surface area is 108 Å². The van der Waals surface area contributed by atoms with Crippen LogP contribution in [0.25, 0.3) is 0 Å². The van der Waals surface area contributed by atoms with Crippen LogP contribution in [0.2, 0.25) is 0 Å². The van der Waals surface area contributed by atoms with Gasteiger partial charge in [0.15, 0.2) is 0 Å². The third kappa shape index (κ3) is 1.87. The topological polar surface area (TPSA) is 40.6 Å². The number of rotatable bonds is 2. The van der Waals surface area contributed by atoms with Crippen molar-refractivity contribution in [3.05, 3.63) is 0 Å². The molecular weight excluding hydrogens is 228 g/mol. The number of Topliss-reactive ketones (excluding diaryl/α,β-unsaturated/α-hetero) is 1. The summed E-state index contributed by atoms with van der Waals surface area (Å²) in [7, 11) is 2.11. The minimum atomic E-state index is 0.161. The third-order valence-electron chi connectivity index (χ3n) is 5.01. The molecule has 3 unspecified atom stereocenters. The van der Waals surface area contributed by atoms with Crippen molar-refractivity contribution >= 4 is 11.7 Å². The van der Waals surface area contributed by atoms with E-state index in [9.17, 15) is 9.59 Å². The molecule has 100 valence electrons. The number of carbonyl (C=O) groups is 2. The van der Waals surface area contributed by atoms with Gasteiger partial charge in [0.2, 0.25) is 5.91 Å². The average molecular weight is 250 g/mol. The standard InChI is InChI=1S/C14H22N2O2/c1-9(17)12-11-5-8-16(13(11)12)14(18)10-3-6-15(2)7-4-10/h10-13H,3-8H2,1-2H3. The first-order valence-corrected chi connectivity index (χ1v) is 7.09. The molecule has 1 aliphatic carbocycles. The number of fused-ring (bicyclic) bond motifs is 1. The van der Waals surface area contributed by atoms with Crippen molar-refractivity contribution in [2.75, 3.05) is 26.7 Å². The Bertz CT molecular complexity index is 374. The Morgan fingerprint density at radius 2 is 1.72 bits per heavy atom. The van der Waals surface area contributed by atoms with Gasteiger partial charge >= 0.3 is 0 Å². The fourth-order valence-electron chi connectivity index (χ4n) is 3.86. The number of hydrogen-bond donors (Lipinski definition) is 0. The summed E-state index contributed by atoms with van der Waals surface area (Å²) in [5, 5.41) is 0. The summed E-state index contributed by atoms with van der Waals surface area (Å²) in [5.74, 6) is 1.44. The van der Waals surface area contributed by atoms with Crippen LogP contribution in [0.4, 0.5) is 0 Å². The molecule has 2 aliphatic heterocycles. The largest absolute Gasteiger partial charge is 0.338 e. The number of carbonyl (C=O) groups excluding carboxylic acids is 2. The molecule has 1 amide bonds. The van der Waals surface area contributed by atoms with Crippen LogP contribution < -0.4 is 0 Å². The maximum atomic E-state index is 12.5. The van der Waals surface area contributed by atoms with Gasteiger partial charge in [-0.3, -0.25) is 9.59 Å². The van der Waals surface area contributed by atoms with Gasteiger partial charge in [-0.2, -0.15) is 0 Å². The van der Waals surface area contributed by atoms with Crippen LogP contribution in [-0.4, -0.2) is 54.2 Å². The van der Waals surface area contributed by atoms with Crippen molar-refractivity contribution in [3.63, 3.8) is 0 Å². The number of ketones is 1. The number of amides is 1. The molecule has 3 rings (SSSR count). The zero-order chi connectivity index (χ0) is 12.9. The summed E-state index contributed by atoms with van der Waals surface area (Å²) in [6.45, 7) is 4.59. The fourth-order valence-corrected chi connectivity index (χ4v) is 3.86. The normalized spacial score (nSPS) is 36.6. The lowest BCUT2D eigenvalue weighted by molar-refractivity contribution is -0.137. The van der Waals surface area contributed by atoms with Crippen LogP contribution in [0, 0.1) is 17.8 Å². The number of nitrogens with zero attached hydrogens (tertiary/aromatic N) is 2. The molecule has 0 aromatic carbocycles. The summed E-state index contributed by atoms with van der Waals surface area (Å²) in [4.78, 5) is 28.3. The molecule has 3 aliphatic rings. The van der Waals surface area contributed by atoms with Crippen LogP contribution in [-0.2, 0) is 9.59 Å². The van der Waals surface area contributed by atoms with Gasteiger partial charge in [-0.1, -0.05) is 0 Å². The van der Waals surface area contributed by atoms with Crippen molar-refractivity contribution < 1.29 is 9.59 Å². The smallest absolute Gasteiger partial charge is 0.226 e. The minimum absolute atomic E-state index is 0.161. The Kier molecular flexibility index (Phi) is 2.93. The van der Waals surface area contributed by atoms with E-state index in [4.69, 9.17) is 0 Å². The van der Waals surface area contributed by atoms with E-state index < -0.39 is 0 Å². The van der Waals surface area contributed by atoms with E-state index in [2.05, 4.69) is 11.9 Å². The number of hydrogen-bond acceptors (Lipinski definition) is 3. The van der Waals surface area contributed by atoms with E-state index in [0.29, 0.717) is 11.8 Å². The van der Waals surface area contributed by atoms with Gasteiger partial charge in [-0.05, 0) is 52.2 Å². The van der Waals surface area contributed by atoms with Crippen LogP contribution in [0.5, 0.6) is 0 Å². The van der Waals surface area contributed by atoms with E-state index in [1.54, 1.807) is 6.92 Å². The zero-order valence-electron chi connectivity index (χ0n) is 11.3. The van der Waals surface area contributed by atoms with Gasteiger partial charge < -0.3 is 9.80 Å². The van der Waals surface area contributed by atoms with Crippen molar-refractivity contribution in [3.8, 4) is 0 Å². The molecule has 4 heteroatoms. The highest BCUT2D eigenvalue weighted by Crippen LogP contribution is 2.51. The lowest BCUT2D eigenvalue weighted by Crippen LogP contribution is -2.42. The maximum absolute atomic E-state index is 12.5. The predicted octanol–water partition coefficient (Wildman–Crippen LogP) is 0.764. The van der Waals surface area contributed by atoms with E-state index in [1.165, 1.54) is 0 Å². The first-order chi connectivity index (χ1) is 8.59. The summed E-state index contributed by atoms with van der Waals surface area (Å²) >= 11 is 0. The molecule has 0 spiro atoms. The Morgan fingerprint density at radius 3 is 2.28 bits per heavy atom. The van der Waals surface area contributed by atoms with E-state index in [1.807, 2.05) is 4.90 Å². The molecule has 1 saturated carbocycles. The average Bonchev–Trinajstić information content (AvgIpc) is 2.92. The molecule has 2 saturated heterocycles. The second-order valence-electron chi connectivity index (χ2n) is 6.19. The molecule has 4 nitrogen and oxygen atoms in total. The Balaban J connectivity index is 1.62. The first kappa shape index (κ1) is 12.2. The molecule has 2 heterocycles. The number of likely N-dealkylation sites (tertiary alicyclic amines) is 2. The van der Waals surface area contributed by atoms with Gasteiger partial charge in [0.25, 0.3) is 0 Å². The Morgan fingerprint density at radius 1 is 1.06 bits per heavy atom. The quantitative estimate of drug-likeness (QED) is 0.726. The molecule has 0 N–H and O–H groups in total. The van der Waals surface area contributed by atoms with Gasteiger partial charge in [0.1, 0.15) is 5.78 Å². The summed E-state index contributed by atoms with van der Waals surface area (Å²) < 4.78 is 0. The SMILES string of the molecule is CC(=O)C1C2CCN(C(=O)C3CCN(C)CC3)C21. The summed E-state index contributed by atoms with van der Waals surface area (Å²) in [6, 6.07) is 0.259. The third-order valence-corrected chi connectivity index (χ3v) is 5.01. The van der Waals surface area contributed by atoms with E-state index in [0.717, 1.165) is 38.9 Å². The second kappa shape index (κ2) is 4.34. The lowest BCUT2D eigenvalue weighted by atomic mass is 9.95. The predicted molar refractivity (Wildman–Crippen MR) is 68.0 cm³/mol. The van der Waals surface area contributed by atoms with Crippen molar-refractivity contribution in [1.82, 2.24) is 9.80 Å².